The van der Waals surface area contributed by atoms with Crippen LogP contribution in [0.4, 0.5) is 0 Å². The number of hydrogen-bond acceptors (Lipinski definition) is 2. The second kappa shape index (κ2) is 13.3. The van der Waals surface area contributed by atoms with Crippen molar-refractivity contribution in [1.29, 1.82) is 0 Å². The van der Waals surface area contributed by atoms with Gasteiger partial charge in [0.2, 0.25) is 0 Å². The number of allylic oxidation sites excluding steroid dienone is 2. The lowest BCUT2D eigenvalue weighted by molar-refractivity contribution is -0.141. The highest BCUT2D eigenvalue weighted by molar-refractivity contribution is 5.65. The van der Waals surface area contributed by atoms with E-state index in [4.69, 9.17) is 4.74 Å². The molecule has 0 fully saturated rings. The number of carbonyl (C=O) groups excluding carboxylic acids is 1. The van der Waals surface area contributed by atoms with E-state index in [0.29, 0.717) is 6.61 Å². The molecule has 0 aliphatic heterocycles. The van der Waals surface area contributed by atoms with Crippen LogP contribution in [-0.4, -0.2) is 12.6 Å². The van der Waals surface area contributed by atoms with Gasteiger partial charge in [-0.2, -0.15) is 0 Å². The molecule has 2 nitrogen and oxygen atoms in total. The average molecular weight is 240 g/mol. The fourth-order valence-corrected chi connectivity index (χ4v) is 1.68. The third-order valence-electron chi connectivity index (χ3n) is 2.71. The molecule has 0 spiro atoms. The van der Waals surface area contributed by atoms with E-state index in [1.165, 1.54) is 45.4 Å². The third kappa shape index (κ3) is 15.2. The molecule has 0 aromatic carbocycles. The summed E-state index contributed by atoms with van der Waals surface area (Å²) in [5.74, 6) is -0.173. The van der Waals surface area contributed by atoms with Gasteiger partial charge in [0.15, 0.2) is 0 Å². The Bertz CT molecular complexity index is 197. The summed E-state index contributed by atoms with van der Waals surface area (Å²) in [5, 5.41) is 0. The normalized spacial score (nSPS) is 10.9. The first-order valence-electron chi connectivity index (χ1n) is 7.05. The number of unbranched alkanes of at least 4 members (excludes halogenated alkanes) is 7. The minimum Gasteiger partial charge on any atom is -0.466 e. The quantitative estimate of drug-likeness (QED) is 0.299. The van der Waals surface area contributed by atoms with E-state index in [2.05, 4.69) is 19.1 Å². The fourth-order valence-electron chi connectivity index (χ4n) is 1.68. The lowest BCUT2D eigenvalue weighted by Crippen LogP contribution is -1.99. The first-order chi connectivity index (χ1) is 8.27. The molecule has 0 bridgehead atoms. The van der Waals surface area contributed by atoms with Gasteiger partial charge in [-0.15, -0.1) is 0 Å². The van der Waals surface area contributed by atoms with Crippen LogP contribution in [-0.2, 0) is 9.53 Å². The molecule has 17 heavy (non-hydrogen) atoms. The van der Waals surface area contributed by atoms with E-state index >= 15 is 0 Å². The second-order valence-electron chi connectivity index (χ2n) is 4.51. The second-order valence-corrected chi connectivity index (χ2v) is 4.51. The van der Waals surface area contributed by atoms with Crippen molar-refractivity contribution in [3.05, 3.63) is 12.2 Å². The number of hydrogen-bond donors (Lipinski definition) is 0. The molecule has 0 radical (unpaired) electrons. The molecule has 0 N–H and O–H groups in total. The van der Waals surface area contributed by atoms with Crippen LogP contribution in [0.1, 0.15) is 71.6 Å². The Morgan fingerprint density at radius 2 is 1.53 bits per heavy atom. The van der Waals surface area contributed by atoms with Gasteiger partial charge in [-0.05, 0) is 32.1 Å². The van der Waals surface area contributed by atoms with Crippen molar-refractivity contribution in [2.24, 2.45) is 0 Å². The van der Waals surface area contributed by atoms with E-state index in [1.807, 2.05) is 0 Å². The highest BCUT2D eigenvalue weighted by Gasteiger charge is 1.91. The molecule has 0 saturated heterocycles. The van der Waals surface area contributed by atoms with Crippen molar-refractivity contribution in [3.8, 4) is 0 Å². The van der Waals surface area contributed by atoms with Crippen molar-refractivity contribution < 1.29 is 9.53 Å². The lowest BCUT2D eigenvalue weighted by Gasteiger charge is -1.99. The zero-order chi connectivity index (χ0) is 12.8. The summed E-state index contributed by atoms with van der Waals surface area (Å²) in [7, 11) is 0. The van der Waals surface area contributed by atoms with Crippen LogP contribution in [0, 0.1) is 0 Å². The minimum absolute atomic E-state index is 0.173. The molecule has 0 saturated carbocycles. The predicted molar refractivity (Wildman–Crippen MR) is 73.0 cm³/mol. The minimum atomic E-state index is -0.173. The van der Waals surface area contributed by atoms with Gasteiger partial charge in [0.1, 0.15) is 0 Å². The maximum absolute atomic E-state index is 10.5. The van der Waals surface area contributed by atoms with Crippen LogP contribution in [0.15, 0.2) is 12.2 Å². The maximum atomic E-state index is 10.5. The molecule has 0 aromatic rings. The lowest BCUT2D eigenvalue weighted by atomic mass is 10.1. The SMILES string of the molecule is CCCCCCCC=CCCCCOC(C)=O. The Kier molecular flexibility index (Phi) is 12.7. The first-order valence-corrected chi connectivity index (χ1v) is 7.05. The van der Waals surface area contributed by atoms with Gasteiger partial charge >= 0.3 is 5.97 Å². The zero-order valence-corrected chi connectivity index (χ0v) is 11.5. The van der Waals surface area contributed by atoms with Crippen LogP contribution in [0.2, 0.25) is 0 Å². The number of esters is 1. The van der Waals surface area contributed by atoms with Gasteiger partial charge in [0.25, 0.3) is 0 Å². The van der Waals surface area contributed by atoms with Crippen molar-refractivity contribution in [2.75, 3.05) is 6.61 Å². The Morgan fingerprint density at radius 1 is 0.941 bits per heavy atom. The summed E-state index contributed by atoms with van der Waals surface area (Å²) in [6.07, 6.45) is 15.7. The van der Waals surface area contributed by atoms with E-state index < -0.39 is 0 Å². The molecule has 0 amide bonds. The molecule has 0 aromatic heterocycles. The van der Waals surface area contributed by atoms with E-state index in [0.717, 1.165) is 19.3 Å². The van der Waals surface area contributed by atoms with Crippen molar-refractivity contribution >= 4 is 5.97 Å². The Morgan fingerprint density at radius 3 is 2.12 bits per heavy atom. The summed E-state index contributed by atoms with van der Waals surface area (Å²) in [5.41, 5.74) is 0. The highest BCUT2D eigenvalue weighted by Crippen LogP contribution is 2.06. The molecule has 0 heterocycles. The standard InChI is InChI=1S/C15H28O2/c1-3-4-5-6-7-8-9-10-11-12-13-14-17-15(2)16/h9-10H,3-8,11-14H2,1-2H3. The molecule has 100 valence electrons. The summed E-state index contributed by atoms with van der Waals surface area (Å²) < 4.78 is 4.86. The molecule has 0 aliphatic rings. The molecule has 0 atom stereocenters. The van der Waals surface area contributed by atoms with Gasteiger partial charge in [0, 0.05) is 6.92 Å². The Labute approximate surface area is 106 Å². The Balaban J connectivity index is 3.07. The smallest absolute Gasteiger partial charge is 0.302 e. The molecule has 0 aliphatic carbocycles. The van der Waals surface area contributed by atoms with Gasteiger partial charge in [-0.25, -0.2) is 0 Å². The predicted octanol–water partition coefficient (Wildman–Crippen LogP) is 4.64. The van der Waals surface area contributed by atoms with Gasteiger partial charge < -0.3 is 4.74 Å². The van der Waals surface area contributed by atoms with Crippen molar-refractivity contribution in [3.63, 3.8) is 0 Å². The summed E-state index contributed by atoms with van der Waals surface area (Å²) >= 11 is 0. The maximum Gasteiger partial charge on any atom is 0.302 e. The van der Waals surface area contributed by atoms with Gasteiger partial charge in [0.05, 0.1) is 6.61 Å². The summed E-state index contributed by atoms with van der Waals surface area (Å²) in [6.45, 7) is 4.27. The van der Waals surface area contributed by atoms with Crippen LogP contribution < -0.4 is 0 Å². The number of rotatable bonds is 11. The van der Waals surface area contributed by atoms with Gasteiger partial charge in [-0.1, -0.05) is 44.8 Å². The molecule has 2 heteroatoms. The van der Waals surface area contributed by atoms with Crippen LogP contribution in [0.25, 0.3) is 0 Å². The largest absolute Gasteiger partial charge is 0.466 e. The molecule has 0 rings (SSSR count). The van der Waals surface area contributed by atoms with Crippen LogP contribution >= 0.6 is 0 Å². The topological polar surface area (TPSA) is 26.3 Å². The monoisotopic (exact) mass is 240 g/mol. The fraction of sp³-hybridized carbons (Fsp3) is 0.800. The van der Waals surface area contributed by atoms with Crippen molar-refractivity contribution in [2.45, 2.75) is 71.6 Å². The molecule has 0 unspecified atom stereocenters. The van der Waals surface area contributed by atoms with Crippen LogP contribution in [0.3, 0.4) is 0 Å². The average Bonchev–Trinajstić information content (AvgIpc) is 2.30. The van der Waals surface area contributed by atoms with Crippen LogP contribution in [0.5, 0.6) is 0 Å². The van der Waals surface area contributed by atoms with E-state index in [1.54, 1.807) is 0 Å². The van der Waals surface area contributed by atoms with E-state index in [9.17, 15) is 4.79 Å². The first kappa shape index (κ1) is 16.2. The summed E-state index contributed by atoms with van der Waals surface area (Å²) in [4.78, 5) is 10.5. The number of ether oxygens (including phenoxy) is 1. The number of carbonyl (C=O) groups is 1. The zero-order valence-electron chi connectivity index (χ0n) is 11.5. The Hall–Kier alpha value is -0.790. The highest BCUT2D eigenvalue weighted by atomic mass is 16.5. The van der Waals surface area contributed by atoms with Gasteiger partial charge in [-0.3, -0.25) is 4.79 Å². The third-order valence-corrected chi connectivity index (χ3v) is 2.71. The van der Waals surface area contributed by atoms with Crippen molar-refractivity contribution in [1.82, 2.24) is 0 Å². The molecular weight excluding hydrogens is 212 g/mol. The summed E-state index contributed by atoms with van der Waals surface area (Å²) in [6, 6.07) is 0. The molecular formula is C15H28O2. The van der Waals surface area contributed by atoms with E-state index in [-0.39, 0.29) is 5.97 Å².